The molecule has 0 radical (unpaired) electrons. The van der Waals surface area contributed by atoms with Gasteiger partial charge >= 0.3 is 0 Å². The molecule has 1 unspecified atom stereocenters. The molecule has 0 aliphatic rings. The molecular formula is C7H3Cl4NOS. The van der Waals surface area contributed by atoms with Crippen molar-refractivity contribution in [2.24, 2.45) is 0 Å². The zero-order valence-electron chi connectivity index (χ0n) is 6.56. The zero-order chi connectivity index (χ0) is 10.9. The van der Waals surface area contributed by atoms with Crippen LogP contribution in [0.5, 0.6) is 0 Å². The molecule has 0 N–H and O–H groups in total. The summed E-state index contributed by atoms with van der Waals surface area (Å²) in [7, 11) is -1.54. The zero-order valence-corrected chi connectivity index (χ0v) is 10.4. The largest absolute Gasteiger partial charge is 0.250 e. The predicted molar refractivity (Wildman–Crippen MR) is 60.9 cm³/mol. The Hall–Kier alpha value is 0.200. The second-order valence-electron chi connectivity index (χ2n) is 2.11. The van der Waals surface area contributed by atoms with Crippen molar-refractivity contribution in [2.75, 3.05) is 0 Å². The van der Waals surface area contributed by atoms with Gasteiger partial charge in [0.2, 0.25) is 0 Å². The van der Waals surface area contributed by atoms with E-state index >= 15 is 0 Å². The molecular weight excluding hydrogens is 288 g/mol. The van der Waals surface area contributed by atoms with E-state index in [1.54, 1.807) is 0 Å². The summed E-state index contributed by atoms with van der Waals surface area (Å²) >= 11 is 22.8. The van der Waals surface area contributed by atoms with Crippen molar-refractivity contribution in [1.29, 1.82) is 0 Å². The molecule has 0 aliphatic carbocycles. The lowest BCUT2D eigenvalue weighted by molar-refractivity contribution is 0.688. The third-order valence-corrected chi connectivity index (χ3v) is 4.12. The van der Waals surface area contributed by atoms with Crippen LogP contribution < -0.4 is 0 Å². The van der Waals surface area contributed by atoms with E-state index in [4.69, 9.17) is 46.4 Å². The van der Waals surface area contributed by atoms with Gasteiger partial charge in [0, 0.05) is 5.41 Å². The second-order valence-corrected chi connectivity index (χ2v) is 4.92. The van der Waals surface area contributed by atoms with Gasteiger partial charge in [0.15, 0.2) is 10.3 Å². The van der Waals surface area contributed by atoms with Crippen molar-refractivity contribution >= 4 is 57.2 Å². The topological polar surface area (TPSA) is 30.0 Å². The SMILES string of the molecule is C=CS(=O)c1c(Cl)c(Cl)nc(Cl)c1Cl. The maximum absolute atomic E-state index is 11.4. The highest BCUT2D eigenvalue weighted by molar-refractivity contribution is 7.88. The van der Waals surface area contributed by atoms with Crippen molar-refractivity contribution in [3.05, 3.63) is 32.3 Å². The van der Waals surface area contributed by atoms with Crippen molar-refractivity contribution in [3.63, 3.8) is 0 Å². The van der Waals surface area contributed by atoms with E-state index in [1.807, 2.05) is 0 Å². The fourth-order valence-corrected chi connectivity index (χ4v) is 2.73. The van der Waals surface area contributed by atoms with Crippen LogP contribution in [-0.2, 0) is 10.8 Å². The quantitative estimate of drug-likeness (QED) is 0.772. The van der Waals surface area contributed by atoms with E-state index < -0.39 is 10.8 Å². The molecule has 1 atom stereocenters. The van der Waals surface area contributed by atoms with Gasteiger partial charge in [-0.1, -0.05) is 53.0 Å². The maximum Gasteiger partial charge on any atom is 0.150 e. The number of hydrogen-bond acceptors (Lipinski definition) is 2. The van der Waals surface area contributed by atoms with Gasteiger partial charge in [-0.05, 0) is 0 Å². The van der Waals surface area contributed by atoms with E-state index in [1.165, 1.54) is 5.41 Å². The van der Waals surface area contributed by atoms with Crippen LogP contribution in [0.15, 0.2) is 16.9 Å². The first-order valence-electron chi connectivity index (χ1n) is 3.22. The average Bonchev–Trinajstić information content (AvgIpc) is 2.15. The third kappa shape index (κ3) is 2.23. The minimum Gasteiger partial charge on any atom is -0.250 e. The monoisotopic (exact) mass is 289 g/mol. The third-order valence-electron chi connectivity index (χ3n) is 1.31. The van der Waals surface area contributed by atoms with Gasteiger partial charge in [-0.25, -0.2) is 9.19 Å². The number of halogens is 4. The molecule has 0 saturated carbocycles. The van der Waals surface area contributed by atoms with Gasteiger partial charge < -0.3 is 0 Å². The van der Waals surface area contributed by atoms with E-state index in [2.05, 4.69) is 11.6 Å². The van der Waals surface area contributed by atoms with Crippen LogP contribution >= 0.6 is 46.4 Å². The number of hydrogen-bond donors (Lipinski definition) is 0. The Morgan fingerprint density at radius 1 is 1.14 bits per heavy atom. The summed E-state index contributed by atoms with van der Waals surface area (Å²) < 4.78 is 11.4. The predicted octanol–water partition coefficient (Wildman–Crippen LogP) is 3.95. The normalized spacial score (nSPS) is 12.6. The minimum atomic E-state index is -1.54. The number of nitrogens with zero attached hydrogens (tertiary/aromatic N) is 1. The van der Waals surface area contributed by atoms with Crippen LogP contribution in [0.25, 0.3) is 0 Å². The first kappa shape index (κ1) is 12.3. The van der Waals surface area contributed by atoms with Crippen LogP contribution in [0, 0.1) is 0 Å². The summed E-state index contributed by atoms with van der Waals surface area (Å²) in [6, 6.07) is 0. The van der Waals surface area contributed by atoms with Gasteiger partial charge in [-0.3, -0.25) is 0 Å². The smallest absolute Gasteiger partial charge is 0.150 e. The molecule has 7 heteroatoms. The molecule has 0 amide bonds. The molecule has 0 fully saturated rings. The lowest BCUT2D eigenvalue weighted by Crippen LogP contribution is -1.93. The molecule has 1 aromatic heterocycles. The molecule has 1 rings (SSSR count). The lowest BCUT2D eigenvalue weighted by atomic mass is 10.5. The van der Waals surface area contributed by atoms with E-state index in [0.717, 1.165) is 0 Å². The van der Waals surface area contributed by atoms with Gasteiger partial charge in [0.25, 0.3) is 0 Å². The number of aromatic nitrogens is 1. The molecule has 2 nitrogen and oxygen atoms in total. The van der Waals surface area contributed by atoms with Gasteiger partial charge in [0.05, 0.1) is 25.7 Å². The van der Waals surface area contributed by atoms with Crippen LogP contribution in [0.2, 0.25) is 20.4 Å². The van der Waals surface area contributed by atoms with Crippen LogP contribution in [0.4, 0.5) is 0 Å². The summed E-state index contributed by atoms with van der Waals surface area (Å²) in [4.78, 5) is 3.78. The molecule has 0 spiro atoms. The lowest BCUT2D eigenvalue weighted by Gasteiger charge is -2.06. The van der Waals surface area contributed by atoms with Crippen molar-refractivity contribution in [2.45, 2.75) is 4.90 Å². The molecule has 0 bridgehead atoms. The average molecular weight is 291 g/mol. The molecule has 76 valence electrons. The fourth-order valence-electron chi connectivity index (χ4n) is 0.728. The molecule has 0 saturated heterocycles. The number of pyridine rings is 1. The van der Waals surface area contributed by atoms with E-state index in [0.29, 0.717) is 0 Å². The first-order valence-corrected chi connectivity index (χ1v) is 5.94. The molecule has 1 heterocycles. The van der Waals surface area contributed by atoms with Crippen molar-refractivity contribution < 1.29 is 4.21 Å². The van der Waals surface area contributed by atoms with Crippen LogP contribution in [0.3, 0.4) is 0 Å². The van der Waals surface area contributed by atoms with E-state index in [9.17, 15) is 4.21 Å². The fraction of sp³-hybridized carbons (Fsp3) is 0. The summed E-state index contributed by atoms with van der Waals surface area (Å²) in [6.45, 7) is 3.35. The highest BCUT2D eigenvalue weighted by Crippen LogP contribution is 2.36. The molecule has 14 heavy (non-hydrogen) atoms. The Labute approximate surface area is 103 Å². The Balaban J connectivity index is 3.54. The summed E-state index contributed by atoms with van der Waals surface area (Å²) in [5, 5.41) is 1.16. The first-order chi connectivity index (χ1) is 6.49. The van der Waals surface area contributed by atoms with Crippen molar-refractivity contribution in [3.8, 4) is 0 Å². The maximum atomic E-state index is 11.4. The van der Waals surface area contributed by atoms with Crippen molar-refractivity contribution in [1.82, 2.24) is 4.98 Å². The van der Waals surface area contributed by atoms with Crippen LogP contribution in [0.1, 0.15) is 0 Å². The Kier molecular flexibility index (Phi) is 4.22. The number of rotatable bonds is 2. The molecule has 1 aromatic rings. The summed E-state index contributed by atoms with van der Waals surface area (Å²) in [5.41, 5.74) is 0. The van der Waals surface area contributed by atoms with E-state index in [-0.39, 0.29) is 25.2 Å². The second kappa shape index (κ2) is 4.81. The molecule has 0 aromatic carbocycles. The Bertz CT molecular complexity index is 394. The highest BCUT2D eigenvalue weighted by atomic mass is 35.5. The van der Waals surface area contributed by atoms with Crippen LogP contribution in [-0.4, -0.2) is 9.19 Å². The van der Waals surface area contributed by atoms with Gasteiger partial charge in [0.1, 0.15) is 0 Å². The summed E-state index contributed by atoms with van der Waals surface area (Å²) in [6.07, 6.45) is 0. The van der Waals surface area contributed by atoms with Gasteiger partial charge in [-0.2, -0.15) is 0 Å². The Morgan fingerprint density at radius 3 is 1.93 bits per heavy atom. The molecule has 0 aliphatic heterocycles. The minimum absolute atomic E-state index is 0.0271. The highest BCUT2D eigenvalue weighted by Gasteiger charge is 2.18. The standard InChI is InChI=1S/C7H3Cl4NOS/c1-2-14(13)5-3(8)6(10)12-7(11)4(5)9/h2H,1H2. The summed E-state index contributed by atoms with van der Waals surface area (Å²) in [5.74, 6) is 0. The van der Waals surface area contributed by atoms with Gasteiger partial charge in [-0.15, -0.1) is 0 Å². The Morgan fingerprint density at radius 2 is 1.57 bits per heavy atom.